The predicted molar refractivity (Wildman–Crippen MR) is 74.9 cm³/mol. The van der Waals surface area contributed by atoms with Gasteiger partial charge in [-0.25, -0.2) is 0 Å². The van der Waals surface area contributed by atoms with Gasteiger partial charge in [0.15, 0.2) is 11.3 Å². The number of hydrogen-bond donors (Lipinski definition) is 1. The Morgan fingerprint density at radius 2 is 2.29 bits per heavy atom. The van der Waals surface area contributed by atoms with Gasteiger partial charge in [0.25, 0.3) is 5.91 Å². The van der Waals surface area contributed by atoms with Gasteiger partial charge in [0.1, 0.15) is 11.6 Å². The summed E-state index contributed by atoms with van der Waals surface area (Å²) in [6.45, 7) is 2.30. The van der Waals surface area contributed by atoms with E-state index in [1.54, 1.807) is 13.0 Å². The molecule has 0 aliphatic heterocycles. The summed E-state index contributed by atoms with van der Waals surface area (Å²) < 4.78 is 6.81. The predicted octanol–water partition coefficient (Wildman–Crippen LogP) is 1.39. The van der Waals surface area contributed by atoms with Crippen LogP contribution in [-0.2, 0) is 6.42 Å². The van der Waals surface area contributed by atoms with Crippen LogP contribution in [0, 0.1) is 6.92 Å². The lowest BCUT2D eigenvalue weighted by atomic mass is 10.3. The number of pyridine rings is 1. The number of aryl methyl sites for hydroxylation is 2. The third-order valence-corrected chi connectivity index (χ3v) is 3.11. The van der Waals surface area contributed by atoms with Crippen molar-refractivity contribution in [2.75, 3.05) is 6.54 Å². The molecule has 0 unspecified atom stereocenters. The topological polar surface area (TPSA) is 85.3 Å². The molecule has 1 N–H and O–H groups in total. The summed E-state index contributed by atoms with van der Waals surface area (Å²) >= 11 is 0. The van der Waals surface area contributed by atoms with Gasteiger partial charge in [-0.15, -0.1) is 10.2 Å². The van der Waals surface area contributed by atoms with E-state index >= 15 is 0 Å². The van der Waals surface area contributed by atoms with Crippen LogP contribution in [0.15, 0.2) is 35.0 Å². The van der Waals surface area contributed by atoms with Crippen LogP contribution in [-0.4, -0.2) is 32.2 Å². The van der Waals surface area contributed by atoms with E-state index in [-0.39, 0.29) is 5.91 Å². The smallest absolute Gasteiger partial charge is 0.273 e. The minimum atomic E-state index is -0.224. The molecule has 0 aliphatic carbocycles. The first-order chi connectivity index (χ1) is 10.2. The van der Waals surface area contributed by atoms with Crippen LogP contribution in [0.5, 0.6) is 0 Å². The van der Waals surface area contributed by atoms with Gasteiger partial charge in [0.2, 0.25) is 0 Å². The van der Waals surface area contributed by atoms with Crippen molar-refractivity contribution in [2.45, 2.75) is 19.8 Å². The lowest BCUT2D eigenvalue weighted by Gasteiger charge is -2.02. The van der Waals surface area contributed by atoms with E-state index in [9.17, 15) is 4.79 Å². The maximum absolute atomic E-state index is 11.8. The normalized spacial score (nSPS) is 10.9. The maximum atomic E-state index is 11.8. The standard InChI is InChI=1S/C14H15N5O2/c1-10-9-11(18-21-10)14(20)15-7-4-6-13-17-16-12-5-2-3-8-19(12)13/h2-3,5,8-9H,4,6-7H2,1H3,(H,15,20). The van der Waals surface area contributed by atoms with Crippen molar-refractivity contribution in [3.63, 3.8) is 0 Å². The van der Waals surface area contributed by atoms with E-state index < -0.39 is 0 Å². The highest BCUT2D eigenvalue weighted by Gasteiger charge is 2.10. The molecule has 21 heavy (non-hydrogen) atoms. The first-order valence-electron chi connectivity index (χ1n) is 6.74. The number of amides is 1. The van der Waals surface area contributed by atoms with Gasteiger partial charge in [0, 0.05) is 25.2 Å². The molecule has 0 saturated heterocycles. The van der Waals surface area contributed by atoms with E-state index in [0.29, 0.717) is 18.0 Å². The van der Waals surface area contributed by atoms with Gasteiger partial charge in [-0.2, -0.15) is 0 Å². The Morgan fingerprint density at radius 1 is 1.38 bits per heavy atom. The van der Waals surface area contributed by atoms with Gasteiger partial charge in [-0.1, -0.05) is 11.2 Å². The summed E-state index contributed by atoms with van der Waals surface area (Å²) in [5, 5.41) is 14.7. The molecule has 0 fully saturated rings. The molecule has 3 aromatic heterocycles. The number of carbonyl (C=O) groups is 1. The number of carbonyl (C=O) groups excluding carboxylic acids is 1. The molecule has 3 aromatic rings. The quantitative estimate of drug-likeness (QED) is 0.716. The average molecular weight is 285 g/mol. The number of rotatable bonds is 5. The first kappa shape index (κ1) is 13.3. The van der Waals surface area contributed by atoms with Gasteiger partial charge in [-0.05, 0) is 25.5 Å². The number of aromatic nitrogens is 4. The molecule has 108 valence electrons. The lowest BCUT2D eigenvalue weighted by molar-refractivity contribution is 0.0944. The zero-order valence-electron chi connectivity index (χ0n) is 11.6. The fourth-order valence-electron chi connectivity index (χ4n) is 2.07. The summed E-state index contributed by atoms with van der Waals surface area (Å²) in [7, 11) is 0. The van der Waals surface area contributed by atoms with Crippen LogP contribution in [0.4, 0.5) is 0 Å². The molecule has 0 aliphatic rings. The Labute approximate surface area is 121 Å². The van der Waals surface area contributed by atoms with Crippen LogP contribution >= 0.6 is 0 Å². The van der Waals surface area contributed by atoms with Crippen LogP contribution in [0.25, 0.3) is 5.65 Å². The Kier molecular flexibility index (Phi) is 3.63. The third kappa shape index (κ3) is 2.91. The molecule has 0 aromatic carbocycles. The number of fused-ring (bicyclic) bond motifs is 1. The summed E-state index contributed by atoms with van der Waals surface area (Å²) in [6, 6.07) is 7.38. The molecule has 0 radical (unpaired) electrons. The molecule has 0 saturated carbocycles. The van der Waals surface area contributed by atoms with Gasteiger partial charge in [-0.3, -0.25) is 9.20 Å². The van der Waals surface area contributed by atoms with Gasteiger partial charge in [0.05, 0.1) is 0 Å². The van der Waals surface area contributed by atoms with Crippen LogP contribution in [0.2, 0.25) is 0 Å². The van der Waals surface area contributed by atoms with Crippen molar-refractivity contribution in [1.29, 1.82) is 0 Å². The van der Waals surface area contributed by atoms with Crippen molar-refractivity contribution in [1.82, 2.24) is 25.1 Å². The summed E-state index contributed by atoms with van der Waals surface area (Å²) in [6.07, 6.45) is 3.45. The van der Waals surface area contributed by atoms with E-state index in [1.165, 1.54) is 0 Å². The second-order valence-electron chi connectivity index (χ2n) is 4.73. The first-order valence-corrected chi connectivity index (χ1v) is 6.74. The van der Waals surface area contributed by atoms with Crippen molar-refractivity contribution in [2.24, 2.45) is 0 Å². The molecular weight excluding hydrogens is 270 g/mol. The van der Waals surface area contributed by atoms with E-state index in [4.69, 9.17) is 4.52 Å². The molecule has 3 heterocycles. The summed E-state index contributed by atoms with van der Waals surface area (Å²) in [4.78, 5) is 11.8. The Hall–Kier alpha value is -2.70. The highest BCUT2D eigenvalue weighted by Crippen LogP contribution is 2.05. The fraction of sp³-hybridized carbons (Fsp3) is 0.286. The van der Waals surface area contributed by atoms with Gasteiger partial charge < -0.3 is 9.84 Å². The highest BCUT2D eigenvalue weighted by atomic mass is 16.5. The monoisotopic (exact) mass is 285 g/mol. The second-order valence-corrected chi connectivity index (χ2v) is 4.73. The van der Waals surface area contributed by atoms with Crippen LogP contribution in [0.3, 0.4) is 0 Å². The molecule has 0 atom stereocenters. The Balaban J connectivity index is 1.51. The minimum absolute atomic E-state index is 0.224. The van der Waals surface area contributed by atoms with E-state index in [1.807, 2.05) is 28.8 Å². The number of nitrogens with zero attached hydrogens (tertiary/aromatic N) is 4. The summed E-state index contributed by atoms with van der Waals surface area (Å²) in [5.41, 5.74) is 1.13. The average Bonchev–Trinajstić information content (AvgIpc) is 3.10. The largest absolute Gasteiger partial charge is 0.361 e. The molecule has 7 nitrogen and oxygen atoms in total. The SMILES string of the molecule is Cc1cc(C(=O)NCCCc2nnc3ccccn23)no1. The van der Waals surface area contributed by atoms with Crippen LogP contribution < -0.4 is 5.32 Å². The lowest BCUT2D eigenvalue weighted by Crippen LogP contribution is -2.25. The molecule has 7 heteroatoms. The molecule has 0 spiro atoms. The van der Waals surface area contributed by atoms with Crippen molar-refractivity contribution < 1.29 is 9.32 Å². The maximum Gasteiger partial charge on any atom is 0.273 e. The second kappa shape index (κ2) is 5.74. The molecule has 1 amide bonds. The molecular formula is C14H15N5O2. The van der Waals surface area contributed by atoms with Crippen molar-refractivity contribution >= 4 is 11.6 Å². The fourth-order valence-corrected chi connectivity index (χ4v) is 2.07. The minimum Gasteiger partial charge on any atom is -0.361 e. The third-order valence-electron chi connectivity index (χ3n) is 3.11. The Morgan fingerprint density at radius 3 is 3.10 bits per heavy atom. The van der Waals surface area contributed by atoms with Gasteiger partial charge >= 0.3 is 0 Å². The summed E-state index contributed by atoms with van der Waals surface area (Å²) in [5.74, 6) is 1.28. The zero-order chi connectivity index (χ0) is 14.7. The van der Waals surface area contributed by atoms with Crippen molar-refractivity contribution in [3.05, 3.63) is 47.7 Å². The van der Waals surface area contributed by atoms with Crippen LogP contribution in [0.1, 0.15) is 28.5 Å². The molecule has 0 bridgehead atoms. The number of nitrogens with one attached hydrogen (secondary N) is 1. The van der Waals surface area contributed by atoms with Crippen molar-refractivity contribution in [3.8, 4) is 0 Å². The molecule has 3 rings (SSSR count). The van der Waals surface area contributed by atoms with E-state index in [2.05, 4.69) is 20.7 Å². The Bertz CT molecular complexity index is 761. The zero-order valence-corrected chi connectivity index (χ0v) is 11.6. The highest BCUT2D eigenvalue weighted by molar-refractivity contribution is 5.92. The van der Waals surface area contributed by atoms with E-state index in [0.717, 1.165) is 24.3 Å². The number of hydrogen-bond acceptors (Lipinski definition) is 5.